The molecule has 3 heterocycles. The fourth-order valence-electron chi connectivity index (χ4n) is 3.31. The number of halogens is 8. The predicted molar refractivity (Wildman–Crippen MR) is 151 cm³/mol. The third-order valence-corrected chi connectivity index (χ3v) is 5.45. The summed E-state index contributed by atoms with van der Waals surface area (Å²) < 4.78 is 88.8. The van der Waals surface area contributed by atoms with Crippen molar-refractivity contribution in [3.05, 3.63) is 77.5 Å². The molecule has 0 unspecified atom stereocenters. The standard InChI is InChI=1S/C13H7ClF3N5O2.C12H9ClF3N5O2/c14-9-3-8(4-10(5-9)24-13(15,16)17)12-18-6-22(21-12)2-1-11-20-19-7-23-11;13-8-3-7(4-9(5-8)23-12(14,15)16)11-18-6-21(20-11)2-1-10(22)19-17/h1-7H;1-6H,17H2,(H,19,22)/b2*2-1-. The Morgan fingerprint density at radius 2 is 1.34 bits per heavy atom. The summed E-state index contributed by atoms with van der Waals surface area (Å²) in [5.41, 5.74) is 2.37. The van der Waals surface area contributed by atoms with Crippen LogP contribution in [0.2, 0.25) is 10.0 Å². The Labute approximate surface area is 268 Å². The summed E-state index contributed by atoms with van der Waals surface area (Å²) in [6.45, 7) is 0. The average molecular weight is 705 g/mol. The van der Waals surface area contributed by atoms with Crippen LogP contribution in [0.1, 0.15) is 5.89 Å². The fraction of sp³-hybridized carbons (Fsp3) is 0.0800. The zero-order valence-corrected chi connectivity index (χ0v) is 24.3. The fourth-order valence-corrected chi connectivity index (χ4v) is 3.76. The molecule has 5 rings (SSSR count). The molecular weight excluding hydrogens is 689 g/mol. The van der Waals surface area contributed by atoms with Crippen LogP contribution >= 0.6 is 23.2 Å². The number of ether oxygens (including phenoxy) is 2. The van der Waals surface area contributed by atoms with Crippen molar-refractivity contribution in [3.8, 4) is 34.3 Å². The molecule has 14 nitrogen and oxygen atoms in total. The molecule has 0 aliphatic heterocycles. The number of nitrogens with two attached hydrogens (primary N) is 1. The summed E-state index contributed by atoms with van der Waals surface area (Å²) in [4.78, 5) is 18.9. The highest BCUT2D eigenvalue weighted by Crippen LogP contribution is 2.31. The third kappa shape index (κ3) is 11.1. The molecule has 0 aliphatic rings. The van der Waals surface area contributed by atoms with Crippen molar-refractivity contribution < 1.29 is 45.0 Å². The second-order valence-electron chi connectivity index (χ2n) is 8.46. The van der Waals surface area contributed by atoms with E-state index in [2.05, 4.69) is 39.8 Å². The molecule has 1 amide bonds. The van der Waals surface area contributed by atoms with Crippen LogP contribution in [0.4, 0.5) is 26.3 Å². The van der Waals surface area contributed by atoms with Crippen LogP contribution in [0.25, 0.3) is 41.3 Å². The van der Waals surface area contributed by atoms with E-state index in [1.165, 1.54) is 59.0 Å². The Bertz CT molecular complexity index is 1870. The summed E-state index contributed by atoms with van der Waals surface area (Å²) in [6, 6.07) is 7.09. The highest BCUT2D eigenvalue weighted by atomic mass is 35.5. The molecule has 0 bridgehead atoms. The number of nitrogens with one attached hydrogen (secondary N) is 1. The first-order valence-electron chi connectivity index (χ1n) is 12.2. The van der Waals surface area contributed by atoms with Gasteiger partial charge in [-0.15, -0.1) is 46.7 Å². The first-order chi connectivity index (χ1) is 22.2. The summed E-state index contributed by atoms with van der Waals surface area (Å²) in [5.74, 6) is 3.91. The lowest BCUT2D eigenvalue weighted by Crippen LogP contribution is -2.28. The van der Waals surface area contributed by atoms with Gasteiger partial charge in [0.15, 0.2) is 11.6 Å². The van der Waals surface area contributed by atoms with E-state index in [4.69, 9.17) is 33.5 Å². The number of hydrogen-bond donors (Lipinski definition) is 2. The van der Waals surface area contributed by atoms with Gasteiger partial charge in [-0.25, -0.2) is 25.2 Å². The molecule has 0 atom stereocenters. The Morgan fingerprint density at radius 3 is 1.79 bits per heavy atom. The smallest absolute Gasteiger partial charge is 0.424 e. The molecular formula is C25H16Cl2F6N10O4. The van der Waals surface area contributed by atoms with E-state index in [9.17, 15) is 31.1 Å². The van der Waals surface area contributed by atoms with E-state index in [0.29, 0.717) is 0 Å². The molecule has 0 fully saturated rings. The number of amides is 1. The quantitative estimate of drug-likeness (QED) is 0.0690. The maximum atomic E-state index is 12.3. The topological polar surface area (TPSA) is 174 Å². The summed E-state index contributed by atoms with van der Waals surface area (Å²) >= 11 is 11.6. The number of nitrogens with zero attached hydrogens (tertiary/aromatic N) is 8. The molecule has 0 saturated heterocycles. The number of benzene rings is 2. The normalized spacial score (nSPS) is 11.9. The number of aromatic nitrogens is 8. The van der Waals surface area contributed by atoms with Gasteiger partial charge < -0.3 is 13.9 Å². The summed E-state index contributed by atoms with van der Waals surface area (Å²) in [5, 5.41) is 15.3. The Kier molecular flexibility index (Phi) is 10.8. The predicted octanol–water partition coefficient (Wildman–Crippen LogP) is 5.47. The number of carbonyl (C=O) groups is 1. The van der Waals surface area contributed by atoms with Gasteiger partial charge in [0.05, 0.1) is 0 Å². The molecule has 22 heteroatoms. The molecule has 3 aromatic heterocycles. The lowest BCUT2D eigenvalue weighted by Gasteiger charge is -2.09. The van der Waals surface area contributed by atoms with Gasteiger partial charge >= 0.3 is 12.7 Å². The number of alkyl halides is 6. The van der Waals surface area contributed by atoms with Crippen LogP contribution in [-0.4, -0.2) is 58.4 Å². The van der Waals surface area contributed by atoms with E-state index in [1.54, 1.807) is 0 Å². The molecule has 0 saturated carbocycles. The molecule has 0 aliphatic carbocycles. The zero-order valence-electron chi connectivity index (χ0n) is 22.8. The number of hydrazine groups is 1. The monoisotopic (exact) mass is 704 g/mol. The van der Waals surface area contributed by atoms with Gasteiger partial charge in [-0.1, -0.05) is 23.2 Å². The first-order valence-corrected chi connectivity index (χ1v) is 13.0. The van der Waals surface area contributed by atoms with Crippen LogP contribution in [0.3, 0.4) is 0 Å². The van der Waals surface area contributed by atoms with Crippen molar-refractivity contribution in [1.82, 2.24) is 45.2 Å². The van der Waals surface area contributed by atoms with Gasteiger partial charge in [0.25, 0.3) is 5.91 Å². The van der Waals surface area contributed by atoms with E-state index in [0.717, 1.165) is 30.3 Å². The van der Waals surface area contributed by atoms with Gasteiger partial charge in [-0.05, 0) is 36.4 Å². The minimum Gasteiger partial charge on any atom is -0.424 e. The van der Waals surface area contributed by atoms with Crippen molar-refractivity contribution in [3.63, 3.8) is 0 Å². The van der Waals surface area contributed by atoms with Crippen LogP contribution < -0.4 is 20.7 Å². The number of rotatable bonds is 8. The minimum absolute atomic E-state index is 0.0242. The molecule has 3 N–H and O–H groups in total. The van der Waals surface area contributed by atoms with Gasteiger partial charge in [0.2, 0.25) is 12.3 Å². The summed E-state index contributed by atoms with van der Waals surface area (Å²) in [7, 11) is 0. The number of carbonyl (C=O) groups excluding carboxylic acids is 1. The molecule has 47 heavy (non-hydrogen) atoms. The molecule has 0 radical (unpaired) electrons. The van der Waals surface area contributed by atoms with Crippen LogP contribution in [0.15, 0.2) is 65.9 Å². The van der Waals surface area contributed by atoms with Crippen LogP contribution in [-0.2, 0) is 4.79 Å². The Morgan fingerprint density at radius 1 is 0.830 bits per heavy atom. The minimum atomic E-state index is -4.84. The highest BCUT2D eigenvalue weighted by molar-refractivity contribution is 6.31. The van der Waals surface area contributed by atoms with Gasteiger partial charge in [0, 0.05) is 45.7 Å². The van der Waals surface area contributed by atoms with Crippen LogP contribution in [0, 0.1) is 0 Å². The average Bonchev–Trinajstić information content (AvgIpc) is 3.75. The largest absolute Gasteiger partial charge is 0.573 e. The van der Waals surface area contributed by atoms with Crippen LogP contribution in [0.5, 0.6) is 11.5 Å². The highest BCUT2D eigenvalue weighted by Gasteiger charge is 2.32. The van der Waals surface area contributed by atoms with Crippen molar-refractivity contribution in [1.29, 1.82) is 0 Å². The maximum Gasteiger partial charge on any atom is 0.573 e. The molecule has 246 valence electrons. The number of hydrogen-bond acceptors (Lipinski definition) is 11. The second kappa shape index (κ2) is 14.7. The molecule has 2 aromatic carbocycles. The molecule has 5 aromatic rings. The lowest BCUT2D eigenvalue weighted by molar-refractivity contribution is -0.275. The van der Waals surface area contributed by atoms with E-state index < -0.39 is 30.1 Å². The van der Waals surface area contributed by atoms with Crippen molar-refractivity contribution in [2.45, 2.75) is 12.7 Å². The lowest BCUT2D eigenvalue weighted by atomic mass is 10.2. The van der Waals surface area contributed by atoms with Gasteiger partial charge in [-0.2, -0.15) is 0 Å². The first kappa shape index (κ1) is 34.4. The SMILES string of the molecule is FC(F)(F)Oc1cc(Cl)cc(-c2ncn(/C=C\c3nnco3)n2)c1.NNC(=O)/C=C\n1cnc(-c2cc(Cl)cc(OC(F)(F)F)c2)n1. The zero-order chi connectivity index (χ0) is 34.2. The van der Waals surface area contributed by atoms with E-state index >= 15 is 0 Å². The van der Waals surface area contributed by atoms with Gasteiger partial charge in [0.1, 0.15) is 24.2 Å². The molecule has 0 spiro atoms. The Balaban J connectivity index is 0.000000213. The van der Waals surface area contributed by atoms with Crippen molar-refractivity contribution in [2.75, 3.05) is 0 Å². The van der Waals surface area contributed by atoms with E-state index in [1.807, 2.05) is 5.43 Å². The third-order valence-electron chi connectivity index (χ3n) is 5.01. The maximum absolute atomic E-state index is 12.3. The van der Waals surface area contributed by atoms with E-state index in [-0.39, 0.29) is 38.7 Å². The van der Waals surface area contributed by atoms with Crippen molar-refractivity contribution >= 4 is 47.6 Å². The Hall–Kier alpha value is -5.47. The van der Waals surface area contributed by atoms with Crippen molar-refractivity contribution in [2.24, 2.45) is 5.84 Å². The second-order valence-corrected chi connectivity index (χ2v) is 9.33. The van der Waals surface area contributed by atoms with Gasteiger partial charge in [-0.3, -0.25) is 10.2 Å². The summed E-state index contributed by atoms with van der Waals surface area (Å²) in [6.07, 6.45) is -0.558.